The number of halogens is 1. The van der Waals surface area contributed by atoms with Crippen molar-refractivity contribution in [1.29, 1.82) is 0 Å². The van der Waals surface area contributed by atoms with E-state index in [-0.39, 0.29) is 0 Å². The van der Waals surface area contributed by atoms with Crippen molar-refractivity contribution >= 4 is 15.9 Å². The van der Waals surface area contributed by atoms with E-state index >= 15 is 0 Å². The Morgan fingerprint density at radius 2 is 1.38 bits per heavy atom. The molecule has 0 aromatic heterocycles. The quantitative estimate of drug-likeness (QED) is 0.696. The molecular weight excluding hydrogens is 324 g/mol. The lowest BCUT2D eigenvalue weighted by atomic mass is 9.93. The summed E-state index contributed by atoms with van der Waals surface area (Å²) in [4.78, 5) is 0. The van der Waals surface area contributed by atoms with Crippen LogP contribution in [0.5, 0.6) is 0 Å². The molecule has 0 spiro atoms. The molecule has 1 unspecified atom stereocenters. The standard InChI is InChI=1S/C19H15BrO/c20-16-11-12-17(14-7-3-1-4-8-14)18(13-16)19(21)15-9-5-2-6-10-15/h1-13,19,21H. The molecular formula is C19H15BrO. The summed E-state index contributed by atoms with van der Waals surface area (Å²) in [7, 11) is 0. The predicted octanol–water partition coefficient (Wildman–Crippen LogP) is 5.20. The molecule has 3 rings (SSSR count). The molecule has 0 saturated heterocycles. The van der Waals surface area contributed by atoms with Gasteiger partial charge in [0.2, 0.25) is 0 Å². The molecule has 3 aromatic rings. The molecule has 0 bridgehead atoms. The highest BCUT2D eigenvalue weighted by atomic mass is 79.9. The summed E-state index contributed by atoms with van der Waals surface area (Å²) in [6, 6.07) is 25.9. The van der Waals surface area contributed by atoms with Crippen LogP contribution in [0.4, 0.5) is 0 Å². The van der Waals surface area contributed by atoms with Gasteiger partial charge in [-0.25, -0.2) is 0 Å². The molecule has 0 fully saturated rings. The monoisotopic (exact) mass is 338 g/mol. The fraction of sp³-hybridized carbons (Fsp3) is 0.0526. The Morgan fingerprint density at radius 3 is 2.05 bits per heavy atom. The Hall–Kier alpha value is -1.90. The van der Waals surface area contributed by atoms with Crippen LogP contribution in [0, 0.1) is 0 Å². The molecule has 0 aliphatic rings. The molecule has 1 nitrogen and oxygen atoms in total. The van der Waals surface area contributed by atoms with Gasteiger partial charge in [0.15, 0.2) is 0 Å². The van der Waals surface area contributed by atoms with Gasteiger partial charge in [-0.05, 0) is 34.4 Å². The van der Waals surface area contributed by atoms with Crippen LogP contribution in [0.3, 0.4) is 0 Å². The smallest absolute Gasteiger partial charge is 0.105 e. The Labute approximate surface area is 133 Å². The lowest BCUT2D eigenvalue weighted by Gasteiger charge is -2.17. The Balaban J connectivity index is 2.11. The van der Waals surface area contributed by atoms with E-state index in [4.69, 9.17) is 0 Å². The number of benzene rings is 3. The van der Waals surface area contributed by atoms with E-state index in [1.54, 1.807) is 0 Å². The molecule has 2 heteroatoms. The van der Waals surface area contributed by atoms with Gasteiger partial charge in [0.05, 0.1) is 0 Å². The topological polar surface area (TPSA) is 20.2 Å². The maximum atomic E-state index is 10.7. The number of hydrogen-bond donors (Lipinski definition) is 1. The van der Waals surface area contributed by atoms with Crippen LogP contribution < -0.4 is 0 Å². The van der Waals surface area contributed by atoms with Gasteiger partial charge in [0, 0.05) is 4.47 Å². The van der Waals surface area contributed by atoms with E-state index in [9.17, 15) is 5.11 Å². The van der Waals surface area contributed by atoms with Crippen LogP contribution in [-0.4, -0.2) is 5.11 Å². The van der Waals surface area contributed by atoms with Crippen molar-refractivity contribution in [3.8, 4) is 11.1 Å². The van der Waals surface area contributed by atoms with Gasteiger partial charge in [0.1, 0.15) is 6.10 Å². The SMILES string of the molecule is OC(c1ccccc1)c1cc(Br)ccc1-c1ccccc1. The maximum Gasteiger partial charge on any atom is 0.105 e. The van der Waals surface area contributed by atoms with Gasteiger partial charge in [-0.2, -0.15) is 0 Å². The van der Waals surface area contributed by atoms with E-state index in [1.807, 2.05) is 66.7 Å². The van der Waals surface area contributed by atoms with Crippen molar-refractivity contribution < 1.29 is 5.11 Å². The maximum absolute atomic E-state index is 10.7. The second-order valence-corrected chi connectivity index (χ2v) is 5.83. The third-order valence-electron chi connectivity index (χ3n) is 3.51. The van der Waals surface area contributed by atoms with Crippen LogP contribution in [-0.2, 0) is 0 Å². The number of rotatable bonds is 3. The fourth-order valence-corrected chi connectivity index (χ4v) is 2.83. The lowest BCUT2D eigenvalue weighted by Crippen LogP contribution is -2.02. The summed E-state index contributed by atoms with van der Waals surface area (Å²) < 4.78 is 0.965. The highest BCUT2D eigenvalue weighted by Crippen LogP contribution is 2.33. The molecule has 104 valence electrons. The van der Waals surface area contributed by atoms with Crippen molar-refractivity contribution in [2.24, 2.45) is 0 Å². The minimum absolute atomic E-state index is 0.640. The third-order valence-corrected chi connectivity index (χ3v) is 4.00. The molecule has 0 aliphatic heterocycles. The predicted molar refractivity (Wildman–Crippen MR) is 90.1 cm³/mol. The van der Waals surface area contributed by atoms with E-state index in [0.29, 0.717) is 0 Å². The molecule has 1 atom stereocenters. The zero-order valence-corrected chi connectivity index (χ0v) is 13.0. The van der Waals surface area contributed by atoms with Crippen molar-refractivity contribution in [3.63, 3.8) is 0 Å². The van der Waals surface area contributed by atoms with Gasteiger partial charge in [0.25, 0.3) is 0 Å². The summed E-state index contributed by atoms with van der Waals surface area (Å²) in [5.74, 6) is 0. The van der Waals surface area contributed by atoms with Crippen molar-refractivity contribution in [1.82, 2.24) is 0 Å². The Kier molecular flexibility index (Phi) is 4.18. The number of hydrogen-bond acceptors (Lipinski definition) is 1. The van der Waals surface area contributed by atoms with Crippen LogP contribution >= 0.6 is 15.9 Å². The Morgan fingerprint density at radius 1 is 0.762 bits per heavy atom. The van der Waals surface area contributed by atoms with E-state index < -0.39 is 6.10 Å². The Bertz CT molecular complexity index is 723. The van der Waals surface area contributed by atoms with Crippen LogP contribution in [0.15, 0.2) is 83.3 Å². The summed E-state index contributed by atoms with van der Waals surface area (Å²) in [6.45, 7) is 0. The first kappa shape index (κ1) is 14.1. The first-order valence-electron chi connectivity index (χ1n) is 6.83. The minimum atomic E-state index is -0.640. The molecule has 0 amide bonds. The van der Waals surface area contributed by atoms with Gasteiger partial charge in [-0.15, -0.1) is 0 Å². The highest BCUT2D eigenvalue weighted by Gasteiger charge is 2.15. The van der Waals surface area contributed by atoms with Gasteiger partial charge in [-0.3, -0.25) is 0 Å². The van der Waals surface area contributed by atoms with E-state index in [0.717, 1.165) is 26.7 Å². The van der Waals surface area contributed by atoms with Gasteiger partial charge < -0.3 is 5.11 Å². The lowest BCUT2D eigenvalue weighted by molar-refractivity contribution is 0.221. The van der Waals surface area contributed by atoms with Gasteiger partial charge >= 0.3 is 0 Å². The van der Waals surface area contributed by atoms with Crippen LogP contribution in [0.25, 0.3) is 11.1 Å². The summed E-state index contributed by atoms with van der Waals surface area (Å²) in [5, 5.41) is 10.7. The molecule has 0 aliphatic carbocycles. The molecule has 21 heavy (non-hydrogen) atoms. The largest absolute Gasteiger partial charge is 0.384 e. The zero-order valence-electron chi connectivity index (χ0n) is 11.4. The minimum Gasteiger partial charge on any atom is -0.384 e. The van der Waals surface area contributed by atoms with Gasteiger partial charge in [-0.1, -0.05) is 82.7 Å². The number of aliphatic hydroxyl groups excluding tert-OH is 1. The van der Waals surface area contributed by atoms with Crippen molar-refractivity contribution in [2.45, 2.75) is 6.10 Å². The van der Waals surface area contributed by atoms with Crippen LogP contribution in [0.2, 0.25) is 0 Å². The average Bonchev–Trinajstić information content (AvgIpc) is 2.56. The fourth-order valence-electron chi connectivity index (χ4n) is 2.46. The summed E-state index contributed by atoms with van der Waals surface area (Å²) >= 11 is 3.50. The number of aliphatic hydroxyl groups is 1. The summed E-state index contributed by atoms with van der Waals surface area (Å²) in [6.07, 6.45) is -0.640. The molecule has 0 saturated carbocycles. The van der Waals surface area contributed by atoms with Crippen molar-refractivity contribution in [2.75, 3.05) is 0 Å². The first-order valence-corrected chi connectivity index (χ1v) is 7.63. The second-order valence-electron chi connectivity index (χ2n) is 4.91. The van der Waals surface area contributed by atoms with Crippen molar-refractivity contribution in [3.05, 3.63) is 94.5 Å². The second kappa shape index (κ2) is 6.25. The molecule has 3 aromatic carbocycles. The third kappa shape index (κ3) is 3.07. The zero-order chi connectivity index (χ0) is 14.7. The highest BCUT2D eigenvalue weighted by molar-refractivity contribution is 9.10. The van der Waals surface area contributed by atoms with E-state index in [1.165, 1.54) is 0 Å². The molecule has 1 N–H and O–H groups in total. The molecule has 0 radical (unpaired) electrons. The first-order chi connectivity index (χ1) is 10.3. The van der Waals surface area contributed by atoms with Crippen LogP contribution in [0.1, 0.15) is 17.2 Å². The van der Waals surface area contributed by atoms with E-state index in [2.05, 4.69) is 28.1 Å². The summed E-state index contributed by atoms with van der Waals surface area (Å²) in [5.41, 5.74) is 3.96. The normalized spacial score (nSPS) is 12.1. The molecule has 0 heterocycles. The average molecular weight is 339 g/mol.